The lowest BCUT2D eigenvalue weighted by Crippen LogP contribution is -2.02. The van der Waals surface area contributed by atoms with Crippen molar-refractivity contribution in [3.05, 3.63) is 35.4 Å². The van der Waals surface area contributed by atoms with Gasteiger partial charge in [0.15, 0.2) is 5.78 Å². The molecule has 0 radical (unpaired) electrons. The molecule has 0 bridgehead atoms. The number of carbonyl (C=O) groups excluding carboxylic acids is 1. The number of nitrogens with zero attached hydrogens (tertiary/aromatic N) is 1. The van der Waals surface area contributed by atoms with Crippen molar-refractivity contribution < 1.29 is 4.79 Å². The molecule has 0 N–H and O–H groups in total. The van der Waals surface area contributed by atoms with Gasteiger partial charge in [-0.05, 0) is 24.8 Å². The zero-order chi connectivity index (χ0) is 9.97. The summed E-state index contributed by atoms with van der Waals surface area (Å²) < 4.78 is 0. The predicted octanol–water partition coefficient (Wildman–Crippen LogP) is 2.54. The first kappa shape index (κ1) is 8.96. The van der Waals surface area contributed by atoms with E-state index in [1.54, 1.807) is 24.3 Å². The van der Waals surface area contributed by atoms with Crippen molar-refractivity contribution in [3.63, 3.8) is 0 Å². The first-order valence-corrected chi connectivity index (χ1v) is 4.83. The third kappa shape index (κ3) is 1.82. The van der Waals surface area contributed by atoms with E-state index in [0.717, 1.165) is 0 Å². The Morgan fingerprint density at radius 2 is 2.14 bits per heavy atom. The summed E-state index contributed by atoms with van der Waals surface area (Å²) in [5.74, 6) is 0.693. The highest BCUT2D eigenvalue weighted by atomic mass is 16.1. The SMILES string of the molecule is N#Cc1ccccc1C(=O)CC1CC1. The van der Waals surface area contributed by atoms with Crippen LogP contribution < -0.4 is 0 Å². The van der Waals surface area contributed by atoms with E-state index in [-0.39, 0.29) is 5.78 Å². The van der Waals surface area contributed by atoms with Crippen LogP contribution in [0.15, 0.2) is 24.3 Å². The molecular weight excluding hydrogens is 174 g/mol. The highest BCUT2D eigenvalue weighted by Gasteiger charge is 2.25. The smallest absolute Gasteiger partial charge is 0.164 e. The molecule has 2 heteroatoms. The monoisotopic (exact) mass is 185 g/mol. The van der Waals surface area contributed by atoms with Gasteiger partial charge in [0.1, 0.15) is 0 Å². The Kier molecular flexibility index (Phi) is 2.32. The molecular formula is C12H11NO. The molecule has 1 aromatic rings. The molecule has 1 fully saturated rings. The van der Waals surface area contributed by atoms with Gasteiger partial charge in [0, 0.05) is 12.0 Å². The molecule has 2 nitrogen and oxygen atoms in total. The fourth-order valence-corrected chi connectivity index (χ4v) is 1.52. The number of hydrogen-bond acceptors (Lipinski definition) is 2. The van der Waals surface area contributed by atoms with Gasteiger partial charge in [-0.2, -0.15) is 5.26 Å². The maximum atomic E-state index is 11.7. The summed E-state index contributed by atoms with van der Waals surface area (Å²) >= 11 is 0. The molecule has 14 heavy (non-hydrogen) atoms. The Morgan fingerprint density at radius 3 is 2.79 bits per heavy atom. The summed E-state index contributed by atoms with van der Waals surface area (Å²) in [5.41, 5.74) is 1.08. The van der Waals surface area contributed by atoms with Crippen LogP contribution in [0.5, 0.6) is 0 Å². The van der Waals surface area contributed by atoms with Gasteiger partial charge in [-0.3, -0.25) is 4.79 Å². The Hall–Kier alpha value is -1.62. The zero-order valence-corrected chi connectivity index (χ0v) is 7.86. The van der Waals surface area contributed by atoms with E-state index in [0.29, 0.717) is 23.5 Å². The van der Waals surface area contributed by atoms with Crippen molar-refractivity contribution >= 4 is 5.78 Å². The lowest BCUT2D eigenvalue weighted by Gasteiger charge is -2.00. The maximum Gasteiger partial charge on any atom is 0.164 e. The largest absolute Gasteiger partial charge is 0.294 e. The van der Waals surface area contributed by atoms with Crippen LogP contribution in [0.4, 0.5) is 0 Å². The van der Waals surface area contributed by atoms with E-state index < -0.39 is 0 Å². The standard InChI is InChI=1S/C12H11NO/c13-8-10-3-1-2-4-11(10)12(14)7-9-5-6-9/h1-4,9H,5-7H2. The van der Waals surface area contributed by atoms with Crippen molar-refractivity contribution in [1.82, 2.24) is 0 Å². The first-order chi connectivity index (χ1) is 6.81. The highest BCUT2D eigenvalue weighted by Crippen LogP contribution is 2.33. The lowest BCUT2D eigenvalue weighted by atomic mass is 10.0. The van der Waals surface area contributed by atoms with Crippen LogP contribution in [-0.4, -0.2) is 5.78 Å². The maximum absolute atomic E-state index is 11.7. The second-order valence-electron chi connectivity index (χ2n) is 3.73. The predicted molar refractivity (Wildman–Crippen MR) is 52.8 cm³/mol. The van der Waals surface area contributed by atoms with Crippen LogP contribution in [0, 0.1) is 17.2 Å². The van der Waals surface area contributed by atoms with Crippen LogP contribution in [0.3, 0.4) is 0 Å². The molecule has 2 rings (SSSR count). The molecule has 0 heterocycles. The number of ketones is 1. The Labute approximate surface area is 83.2 Å². The molecule has 0 atom stereocenters. The van der Waals surface area contributed by atoms with Crippen molar-refractivity contribution in [2.75, 3.05) is 0 Å². The molecule has 0 aromatic heterocycles. The van der Waals surface area contributed by atoms with Gasteiger partial charge >= 0.3 is 0 Å². The first-order valence-electron chi connectivity index (χ1n) is 4.83. The van der Waals surface area contributed by atoms with Crippen LogP contribution in [0.2, 0.25) is 0 Å². The number of rotatable bonds is 3. The van der Waals surface area contributed by atoms with Gasteiger partial charge in [-0.15, -0.1) is 0 Å². The Morgan fingerprint density at radius 1 is 1.43 bits per heavy atom. The third-order valence-electron chi connectivity index (χ3n) is 2.52. The molecule has 1 aromatic carbocycles. The number of hydrogen-bond donors (Lipinski definition) is 0. The Balaban J connectivity index is 2.21. The van der Waals surface area contributed by atoms with Crippen molar-refractivity contribution in [1.29, 1.82) is 5.26 Å². The van der Waals surface area contributed by atoms with Crippen LogP contribution >= 0.6 is 0 Å². The summed E-state index contributed by atoms with van der Waals surface area (Å²) in [6, 6.07) is 9.07. The molecule has 70 valence electrons. The van der Waals surface area contributed by atoms with Gasteiger partial charge in [0.05, 0.1) is 11.6 Å². The van der Waals surface area contributed by atoms with E-state index in [1.807, 2.05) is 6.07 Å². The second kappa shape index (κ2) is 3.63. The van der Waals surface area contributed by atoms with E-state index >= 15 is 0 Å². The van der Waals surface area contributed by atoms with Gasteiger partial charge in [-0.1, -0.05) is 18.2 Å². The van der Waals surface area contributed by atoms with Gasteiger partial charge in [-0.25, -0.2) is 0 Å². The summed E-state index contributed by atoms with van der Waals surface area (Å²) in [4.78, 5) is 11.7. The second-order valence-corrected chi connectivity index (χ2v) is 3.73. The summed E-state index contributed by atoms with van der Waals surface area (Å²) in [5, 5.41) is 8.81. The zero-order valence-electron chi connectivity index (χ0n) is 7.86. The van der Waals surface area contributed by atoms with Gasteiger partial charge < -0.3 is 0 Å². The fourth-order valence-electron chi connectivity index (χ4n) is 1.52. The minimum Gasteiger partial charge on any atom is -0.294 e. The molecule has 0 amide bonds. The van der Waals surface area contributed by atoms with Gasteiger partial charge in [0.2, 0.25) is 0 Å². The normalized spacial score (nSPS) is 14.8. The van der Waals surface area contributed by atoms with Crippen molar-refractivity contribution in [3.8, 4) is 6.07 Å². The number of benzene rings is 1. The Bertz CT molecular complexity index is 399. The summed E-state index contributed by atoms with van der Waals surface area (Å²) in [6.45, 7) is 0. The van der Waals surface area contributed by atoms with Crippen LogP contribution in [0.1, 0.15) is 35.2 Å². The average Bonchev–Trinajstić information content (AvgIpc) is 3.01. The highest BCUT2D eigenvalue weighted by molar-refractivity contribution is 5.98. The van der Waals surface area contributed by atoms with E-state index in [1.165, 1.54) is 12.8 Å². The van der Waals surface area contributed by atoms with E-state index in [9.17, 15) is 4.79 Å². The number of nitriles is 1. The van der Waals surface area contributed by atoms with Crippen LogP contribution in [-0.2, 0) is 0 Å². The van der Waals surface area contributed by atoms with Crippen LogP contribution in [0.25, 0.3) is 0 Å². The molecule has 1 aliphatic carbocycles. The molecule has 1 aliphatic rings. The molecule has 0 saturated heterocycles. The lowest BCUT2D eigenvalue weighted by molar-refractivity contribution is 0.0976. The molecule has 0 aliphatic heterocycles. The minimum atomic E-state index is 0.115. The number of Topliss-reactive ketones (excluding diaryl/α,β-unsaturated/α-hetero) is 1. The summed E-state index contributed by atoms with van der Waals surface area (Å²) in [7, 11) is 0. The average molecular weight is 185 g/mol. The molecule has 0 unspecified atom stereocenters. The van der Waals surface area contributed by atoms with E-state index in [4.69, 9.17) is 5.26 Å². The quantitative estimate of drug-likeness (QED) is 0.679. The molecule has 0 spiro atoms. The van der Waals surface area contributed by atoms with Crippen molar-refractivity contribution in [2.45, 2.75) is 19.3 Å². The fraction of sp³-hybridized carbons (Fsp3) is 0.333. The van der Waals surface area contributed by atoms with Crippen molar-refractivity contribution in [2.24, 2.45) is 5.92 Å². The molecule has 1 saturated carbocycles. The minimum absolute atomic E-state index is 0.115. The van der Waals surface area contributed by atoms with Gasteiger partial charge in [0.25, 0.3) is 0 Å². The third-order valence-corrected chi connectivity index (χ3v) is 2.52. The summed E-state index contributed by atoms with van der Waals surface area (Å²) in [6.07, 6.45) is 2.94. The topological polar surface area (TPSA) is 40.9 Å². The number of carbonyl (C=O) groups is 1. The van der Waals surface area contributed by atoms with E-state index in [2.05, 4.69) is 0 Å².